The molecule has 0 radical (unpaired) electrons. The smallest absolute Gasteiger partial charge is 0.321 e. The van der Waals surface area contributed by atoms with Gasteiger partial charge in [0.05, 0.1) is 24.4 Å². The lowest BCUT2D eigenvalue weighted by Crippen LogP contribution is -2.66. The fraction of sp³-hybridized carbons (Fsp3) is 0.346. The molecule has 0 spiro atoms. The van der Waals surface area contributed by atoms with Crippen LogP contribution in [-0.2, 0) is 5.54 Å². The normalized spacial score (nSPS) is 17.9. The number of likely N-dealkylation sites (tertiary alicyclic amines) is 2. The first-order chi connectivity index (χ1) is 18.0. The summed E-state index contributed by atoms with van der Waals surface area (Å²) in [6.45, 7) is 2.90. The molecule has 0 saturated carbocycles. The van der Waals surface area contributed by atoms with Gasteiger partial charge in [-0.15, -0.1) is 0 Å². The first-order valence-corrected chi connectivity index (χ1v) is 12.7. The molecule has 1 aromatic carbocycles. The second kappa shape index (κ2) is 9.50. The molecular formula is C26H26ClN9O. The first-order valence-electron chi connectivity index (χ1n) is 12.3. The van der Waals surface area contributed by atoms with Crippen LogP contribution in [0.1, 0.15) is 19.3 Å². The van der Waals surface area contributed by atoms with Gasteiger partial charge in [0.15, 0.2) is 0 Å². The number of anilines is 1. The molecule has 6 rings (SSSR count). The van der Waals surface area contributed by atoms with E-state index in [1.807, 2.05) is 34.2 Å². The molecule has 0 aliphatic carbocycles. The standard InChI is InChI=1S/C26H26ClN9O/c27-19-1-3-20(4-2-19)33-25(37)34-11-6-21(7-12-34)35-15-26(16-35,8-9-28)36-14-18(13-32-36)23-22-5-10-29-24(22)31-17-30-23/h1-5,10,13-14,17,21H,6-8,11-12,15-16H2,(H,33,37)(H,29,30,31). The molecule has 2 saturated heterocycles. The van der Waals surface area contributed by atoms with Crippen LogP contribution >= 0.6 is 11.6 Å². The van der Waals surface area contributed by atoms with Gasteiger partial charge in [0.1, 0.15) is 17.5 Å². The number of H-pyrrole nitrogens is 1. The maximum absolute atomic E-state index is 12.7. The number of carbonyl (C=O) groups excluding carboxylic acids is 1. The maximum Gasteiger partial charge on any atom is 0.321 e. The lowest BCUT2D eigenvalue weighted by Gasteiger charge is -2.53. The molecule has 2 N–H and O–H groups in total. The first kappa shape index (κ1) is 23.5. The number of rotatable bonds is 5. The van der Waals surface area contributed by atoms with Gasteiger partial charge in [-0.2, -0.15) is 10.4 Å². The van der Waals surface area contributed by atoms with Gasteiger partial charge in [-0.1, -0.05) is 11.6 Å². The van der Waals surface area contributed by atoms with E-state index in [9.17, 15) is 10.1 Å². The van der Waals surface area contributed by atoms with Crippen molar-refractivity contribution in [2.45, 2.75) is 30.8 Å². The number of nitrogens with zero attached hydrogens (tertiary/aromatic N) is 7. The summed E-state index contributed by atoms with van der Waals surface area (Å²) in [4.78, 5) is 28.8. The summed E-state index contributed by atoms with van der Waals surface area (Å²) in [5, 5.41) is 18.8. The minimum absolute atomic E-state index is 0.0893. The summed E-state index contributed by atoms with van der Waals surface area (Å²) in [5.41, 5.74) is 2.89. The number of aromatic nitrogens is 5. The minimum Gasteiger partial charge on any atom is -0.346 e. The van der Waals surface area contributed by atoms with E-state index in [-0.39, 0.29) is 11.6 Å². The highest BCUT2D eigenvalue weighted by Gasteiger charge is 2.48. The largest absolute Gasteiger partial charge is 0.346 e. The Kier molecular flexibility index (Phi) is 6.02. The van der Waals surface area contributed by atoms with Crippen LogP contribution in [0.2, 0.25) is 5.02 Å². The van der Waals surface area contributed by atoms with Crippen LogP contribution < -0.4 is 5.32 Å². The predicted octanol–water partition coefficient (Wildman–Crippen LogP) is 4.10. The number of fused-ring (bicyclic) bond motifs is 1. The number of amides is 2. The van der Waals surface area contributed by atoms with E-state index in [1.165, 1.54) is 0 Å². The van der Waals surface area contributed by atoms with E-state index in [2.05, 4.69) is 36.3 Å². The number of piperidine rings is 1. The van der Waals surface area contributed by atoms with Gasteiger partial charge in [-0.25, -0.2) is 14.8 Å². The summed E-state index contributed by atoms with van der Waals surface area (Å²) >= 11 is 5.93. The van der Waals surface area contributed by atoms with Gasteiger partial charge in [0.25, 0.3) is 0 Å². The third-order valence-electron chi connectivity index (χ3n) is 7.46. The average molecular weight is 516 g/mol. The Bertz CT molecular complexity index is 1460. The Morgan fingerprint density at radius 1 is 1.19 bits per heavy atom. The van der Waals surface area contributed by atoms with E-state index < -0.39 is 0 Å². The predicted molar refractivity (Wildman–Crippen MR) is 140 cm³/mol. The van der Waals surface area contributed by atoms with Gasteiger partial charge < -0.3 is 15.2 Å². The maximum atomic E-state index is 12.7. The molecule has 10 nitrogen and oxygen atoms in total. The molecule has 2 fully saturated rings. The van der Waals surface area contributed by atoms with Crippen LogP contribution in [0.5, 0.6) is 0 Å². The number of halogens is 1. The number of carbonyl (C=O) groups is 1. The average Bonchev–Trinajstić information content (AvgIpc) is 3.58. The number of hydrogen-bond donors (Lipinski definition) is 2. The third-order valence-corrected chi connectivity index (χ3v) is 7.71. The molecule has 4 aromatic rings. The van der Waals surface area contributed by atoms with Gasteiger partial charge >= 0.3 is 6.03 Å². The monoisotopic (exact) mass is 515 g/mol. The number of urea groups is 1. The van der Waals surface area contributed by atoms with Crippen LogP contribution in [0.3, 0.4) is 0 Å². The Balaban J connectivity index is 1.09. The highest BCUT2D eigenvalue weighted by atomic mass is 35.5. The second-order valence-electron chi connectivity index (χ2n) is 9.76. The van der Waals surface area contributed by atoms with Crippen molar-refractivity contribution >= 4 is 34.4 Å². The van der Waals surface area contributed by atoms with Crippen molar-refractivity contribution in [2.75, 3.05) is 31.5 Å². The molecule has 2 amide bonds. The number of aromatic amines is 1. The Hall–Kier alpha value is -3.94. The Morgan fingerprint density at radius 3 is 2.73 bits per heavy atom. The molecule has 0 unspecified atom stereocenters. The number of nitriles is 1. The molecule has 3 aromatic heterocycles. The zero-order valence-electron chi connectivity index (χ0n) is 20.1. The van der Waals surface area contributed by atoms with Crippen LogP contribution in [0, 0.1) is 11.3 Å². The van der Waals surface area contributed by atoms with Crippen molar-refractivity contribution in [2.24, 2.45) is 0 Å². The number of nitrogens with one attached hydrogen (secondary N) is 2. The zero-order valence-corrected chi connectivity index (χ0v) is 20.9. The SMILES string of the molecule is N#CCC1(n2cc(-c3ncnc4[nH]ccc34)cn2)CN(C2CCN(C(=O)Nc3ccc(Cl)cc3)CC2)C1. The van der Waals surface area contributed by atoms with Crippen molar-refractivity contribution in [1.29, 1.82) is 5.26 Å². The molecule has 188 valence electrons. The molecule has 37 heavy (non-hydrogen) atoms. The van der Waals surface area contributed by atoms with Crippen LogP contribution in [0.25, 0.3) is 22.3 Å². The van der Waals surface area contributed by atoms with Crippen molar-refractivity contribution < 1.29 is 4.79 Å². The van der Waals surface area contributed by atoms with E-state index in [0.29, 0.717) is 30.6 Å². The highest BCUT2D eigenvalue weighted by molar-refractivity contribution is 6.30. The van der Waals surface area contributed by atoms with Crippen molar-refractivity contribution in [1.82, 2.24) is 34.5 Å². The third kappa shape index (κ3) is 4.41. The van der Waals surface area contributed by atoms with Crippen molar-refractivity contribution in [3.63, 3.8) is 0 Å². The minimum atomic E-state index is -0.361. The molecule has 0 bridgehead atoms. The fourth-order valence-electron chi connectivity index (χ4n) is 5.43. The summed E-state index contributed by atoms with van der Waals surface area (Å²) in [5.74, 6) is 0. The molecule has 2 aliphatic heterocycles. The van der Waals surface area contributed by atoms with Gasteiger partial charge in [-0.05, 0) is 43.2 Å². The summed E-state index contributed by atoms with van der Waals surface area (Å²) in [7, 11) is 0. The van der Waals surface area contributed by atoms with E-state index in [4.69, 9.17) is 11.6 Å². The topological polar surface area (TPSA) is 119 Å². The van der Waals surface area contributed by atoms with Crippen LogP contribution in [0.15, 0.2) is 55.2 Å². The number of benzene rings is 1. The van der Waals surface area contributed by atoms with E-state index in [0.717, 1.165) is 53.9 Å². The van der Waals surface area contributed by atoms with Gasteiger partial charge in [-0.3, -0.25) is 9.58 Å². The Morgan fingerprint density at radius 2 is 1.97 bits per heavy atom. The second-order valence-corrected chi connectivity index (χ2v) is 10.2. The zero-order chi connectivity index (χ0) is 25.4. The fourth-order valence-corrected chi connectivity index (χ4v) is 5.56. The lowest BCUT2D eigenvalue weighted by atomic mass is 9.84. The summed E-state index contributed by atoms with van der Waals surface area (Å²) in [6.07, 6.45) is 9.38. The van der Waals surface area contributed by atoms with Crippen LogP contribution in [0.4, 0.5) is 10.5 Å². The van der Waals surface area contributed by atoms with E-state index >= 15 is 0 Å². The molecule has 5 heterocycles. The molecule has 2 aliphatic rings. The lowest BCUT2D eigenvalue weighted by molar-refractivity contribution is -0.0399. The van der Waals surface area contributed by atoms with Gasteiger partial charge in [0.2, 0.25) is 0 Å². The Labute approximate surface area is 218 Å². The highest BCUT2D eigenvalue weighted by Crippen LogP contribution is 2.37. The number of hydrogen-bond acceptors (Lipinski definition) is 6. The molecule has 0 atom stereocenters. The van der Waals surface area contributed by atoms with Crippen molar-refractivity contribution in [3.8, 4) is 17.3 Å². The molecule has 11 heteroatoms. The van der Waals surface area contributed by atoms with Crippen molar-refractivity contribution in [3.05, 3.63) is 60.3 Å². The van der Waals surface area contributed by atoms with Crippen LogP contribution in [-0.4, -0.2) is 72.8 Å². The summed E-state index contributed by atoms with van der Waals surface area (Å²) in [6, 6.07) is 11.7. The summed E-state index contributed by atoms with van der Waals surface area (Å²) < 4.78 is 1.94. The van der Waals surface area contributed by atoms with E-state index in [1.54, 1.807) is 30.6 Å². The molecular weight excluding hydrogens is 490 g/mol. The van der Waals surface area contributed by atoms with Gasteiger partial charge in [0, 0.05) is 66.3 Å². The quantitative estimate of drug-likeness (QED) is 0.413.